The average Bonchev–Trinajstić information content (AvgIpc) is 2.74. The van der Waals surface area contributed by atoms with Crippen LogP contribution in [0.3, 0.4) is 0 Å². The molecule has 0 aliphatic carbocycles. The first-order valence-electron chi connectivity index (χ1n) is 7.76. The van der Waals surface area contributed by atoms with Gasteiger partial charge in [0, 0.05) is 11.1 Å². The molecule has 0 atom stereocenters. The minimum atomic E-state index is -0.905. The Kier molecular flexibility index (Phi) is 5.12. The molecule has 4 heteroatoms. The van der Waals surface area contributed by atoms with Crippen molar-refractivity contribution in [3.8, 4) is 0 Å². The van der Waals surface area contributed by atoms with Crippen LogP contribution in [0.15, 0.2) is 18.2 Å². The molecule has 0 bridgehead atoms. The molecule has 1 aromatic carbocycles. The highest BCUT2D eigenvalue weighted by atomic mass is 28.3. The molecular formula is C16H25N3Si. The van der Waals surface area contributed by atoms with Gasteiger partial charge in [0.2, 0.25) is 0 Å². The molecular weight excluding hydrogens is 262 g/mol. The Labute approximate surface area is 123 Å². The first kappa shape index (κ1) is 15.0. The number of fused-ring (bicyclic) bond motifs is 1. The van der Waals surface area contributed by atoms with Crippen molar-refractivity contribution in [1.29, 1.82) is 10.8 Å². The summed E-state index contributed by atoms with van der Waals surface area (Å²) in [5, 5.41) is 20.1. The lowest BCUT2D eigenvalue weighted by molar-refractivity contribution is 0.845. The summed E-state index contributed by atoms with van der Waals surface area (Å²) in [7, 11) is -0.905. The van der Waals surface area contributed by atoms with Crippen LogP contribution in [0.1, 0.15) is 50.7 Å². The molecule has 3 nitrogen and oxygen atoms in total. The second-order valence-electron chi connectivity index (χ2n) is 5.66. The molecule has 0 fully saturated rings. The Morgan fingerprint density at radius 3 is 2.15 bits per heavy atom. The van der Waals surface area contributed by atoms with Gasteiger partial charge in [0.05, 0.1) is 8.80 Å². The highest BCUT2D eigenvalue weighted by molar-refractivity contribution is 6.73. The summed E-state index contributed by atoms with van der Waals surface area (Å²) in [5.74, 6) is 0.766. The van der Waals surface area contributed by atoms with E-state index in [1.807, 2.05) is 6.07 Å². The molecule has 0 saturated carbocycles. The number of amidine groups is 2. The van der Waals surface area contributed by atoms with Gasteiger partial charge in [-0.3, -0.25) is 10.8 Å². The van der Waals surface area contributed by atoms with Crippen molar-refractivity contribution in [1.82, 2.24) is 5.32 Å². The molecule has 3 N–H and O–H groups in total. The van der Waals surface area contributed by atoms with E-state index in [0.717, 1.165) is 11.1 Å². The van der Waals surface area contributed by atoms with E-state index >= 15 is 0 Å². The van der Waals surface area contributed by atoms with Crippen molar-refractivity contribution in [3.05, 3.63) is 29.3 Å². The molecule has 2 rings (SSSR count). The van der Waals surface area contributed by atoms with Crippen molar-refractivity contribution < 1.29 is 0 Å². The third-order valence-electron chi connectivity index (χ3n) is 4.12. The Morgan fingerprint density at radius 1 is 0.950 bits per heavy atom. The van der Waals surface area contributed by atoms with E-state index < -0.39 is 8.80 Å². The summed E-state index contributed by atoms with van der Waals surface area (Å²) >= 11 is 0. The Balaban J connectivity index is 2.23. The number of hydrogen-bond acceptors (Lipinski definition) is 2. The maximum Gasteiger partial charge on any atom is 0.131 e. The molecule has 0 saturated heterocycles. The van der Waals surface area contributed by atoms with Gasteiger partial charge in [0.15, 0.2) is 0 Å². The van der Waals surface area contributed by atoms with E-state index in [2.05, 4.69) is 31.3 Å². The number of nitrogens with one attached hydrogen (secondary N) is 3. The molecule has 20 heavy (non-hydrogen) atoms. The van der Waals surface area contributed by atoms with Crippen LogP contribution in [-0.2, 0) is 0 Å². The van der Waals surface area contributed by atoms with Crippen molar-refractivity contribution in [2.75, 3.05) is 0 Å². The van der Waals surface area contributed by atoms with Crippen molar-refractivity contribution in [2.45, 2.75) is 51.6 Å². The number of benzene rings is 1. The Morgan fingerprint density at radius 2 is 1.55 bits per heavy atom. The second kappa shape index (κ2) is 6.84. The highest BCUT2D eigenvalue weighted by Gasteiger charge is 2.23. The average molecular weight is 287 g/mol. The summed E-state index contributed by atoms with van der Waals surface area (Å²) in [4.78, 5) is 0. The fraction of sp³-hybridized carbons (Fsp3) is 0.500. The molecule has 1 aromatic rings. The van der Waals surface area contributed by atoms with Crippen molar-refractivity contribution in [2.24, 2.45) is 0 Å². The van der Waals surface area contributed by atoms with E-state index in [0.29, 0.717) is 11.7 Å². The lowest BCUT2D eigenvalue weighted by Crippen LogP contribution is -2.30. The monoisotopic (exact) mass is 287 g/mol. The normalized spacial score (nSPS) is 13.8. The van der Waals surface area contributed by atoms with Crippen LogP contribution in [-0.4, -0.2) is 20.5 Å². The van der Waals surface area contributed by atoms with Gasteiger partial charge in [-0.15, -0.1) is 0 Å². The number of rotatable bonds is 7. The molecule has 108 valence electrons. The van der Waals surface area contributed by atoms with E-state index in [-0.39, 0.29) is 0 Å². The third kappa shape index (κ3) is 3.18. The van der Waals surface area contributed by atoms with E-state index in [4.69, 9.17) is 10.8 Å². The van der Waals surface area contributed by atoms with Crippen LogP contribution in [0, 0.1) is 10.8 Å². The van der Waals surface area contributed by atoms with Crippen molar-refractivity contribution >= 4 is 25.7 Å². The molecule has 0 spiro atoms. The van der Waals surface area contributed by atoms with Gasteiger partial charge in [0.1, 0.15) is 11.7 Å². The maximum absolute atomic E-state index is 7.94. The SMILES string of the molecule is CCCC[SiH](CCCC)c1ccc2c(c1)C(=N)NC2=N. The van der Waals surface area contributed by atoms with Crippen LogP contribution >= 0.6 is 0 Å². The summed E-state index contributed by atoms with van der Waals surface area (Å²) < 4.78 is 0. The zero-order valence-electron chi connectivity index (χ0n) is 12.6. The summed E-state index contributed by atoms with van der Waals surface area (Å²) in [5.41, 5.74) is 1.82. The van der Waals surface area contributed by atoms with Gasteiger partial charge in [-0.2, -0.15) is 0 Å². The molecule has 1 heterocycles. The molecule has 0 unspecified atom stereocenters. The van der Waals surface area contributed by atoms with Crippen LogP contribution in [0.4, 0.5) is 0 Å². The summed E-state index contributed by atoms with van der Waals surface area (Å²) in [6.07, 6.45) is 5.18. The van der Waals surface area contributed by atoms with Gasteiger partial charge in [-0.25, -0.2) is 0 Å². The fourth-order valence-corrected chi connectivity index (χ4v) is 6.41. The standard InChI is InChI=1S/C16H25N3Si/c1-3-5-9-20(10-6-4-2)12-7-8-13-14(11-12)16(18)19-15(13)17/h7-8,11,20H,3-6,9-10H2,1-2H3,(H3,17,18,19). The zero-order chi connectivity index (χ0) is 14.5. The van der Waals surface area contributed by atoms with Crippen LogP contribution in [0.2, 0.25) is 12.1 Å². The summed E-state index contributed by atoms with van der Waals surface area (Å²) in [6, 6.07) is 9.19. The quantitative estimate of drug-likeness (QED) is 0.663. The Hall–Kier alpha value is -1.42. The molecule has 0 amide bonds. The lowest BCUT2D eigenvalue weighted by atomic mass is 10.1. The van der Waals surface area contributed by atoms with Gasteiger partial charge in [-0.1, -0.05) is 75.0 Å². The third-order valence-corrected chi connectivity index (χ3v) is 7.63. The minimum Gasteiger partial charge on any atom is -0.325 e. The van der Waals surface area contributed by atoms with Gasteiger partial charge in [0.25, 0.3) is 0 Å². The van der Waals surface area contributed by atoms with Crippen LogP contribution < -0.4 is 10.5 Å². The zero-order valence-corrected chi connectivity index (χ0v) is 13.7. The smallest absolute Gasteiger partial charge is 0.131 e. The van der Waals surface area contributed by atoms with E-state index in [9.17, 15) is 0 Å². The lowest BCUT2D eigenvalue weighted by Gasteiger charge is -2.16. The topological polar surface area (TPSA) is 59.7 Å². The second-order valence-corrected chi connectivity index (χ2v) is 8.88. The fourth-order valence-electron chi connectivity index (χ4n) is 2.88. The highest BCUT2D eigenvalue weighted by Crippen LogP contribution is 2.16. The minimum absolute atomic E-state index is 0.372. The summed E-state index contributed by atoms with van der Waals surface area (Å²) in [6.45, 7) is 4.52. The first-order chi connectivity index (χ1) is 9.67. The molecule has 1 aliphatic rings. The largest absolute Gasteiger partial charge is 0.325 e. The number of hydrogen-bond donors (Lipinski definition) is 3. The van der Waals surface area contributed by atoms with E-state index in [1.165, 1.54) is 43.0 Å². The van der Waals surface area contributed by atoms with Gasteiger partial charge >= 0.3 is 0 Å². The van der Waals surface area contributed by atoms with Gasteiger partial charge in [-0.05, 0) is 0 Å². The molecule has 0 radical (unpaired) electrons. The predicted octanol–water partition coefficient (Wildman–Crippen LogP) is 2.97. The maximum atomic E-state index is 7.94. The Bertz CT molecular complexity index is 502. The number of unbranched alkanes of at least 4 members (excludes halogenated alkanes) is 2. The van der Waals surface area contributed by atoms with Crippen LogP contribution in [0.25, 0.3) is 0 Å². The molecule has 0 aromatic heterocycles. The predicted molar refractivity (Wildman–Crippen MR) is 89.4 cm³/mol. The van der Waals surface area contributed by atoms with Crippen LogP contribution in [0.5, 0.6) is 0 Å². The molecule has 1 aliphatic heterocycles. The van der Waals surface area contributed by atoms with E-state index in [1.54, 1.807) is 0 Å². The first-order valence-corrected chi connectivity index (χ1v) is 9.97. The van der Waals surface area contributed by atoms with Gasteiger partial charge < -0.3 is 5.32 Å². The van der Waals surface area contributed by atoms with Crippen molar-refractivity contribution in [3.63, 3.8) is 0 Å².